The Kier molecular flexibility index (Phi) is 4.59. The number of carboxylic acids is 1. The van der Waals surface area contributed by atoms with Crippen molar-refractivity contribution < 1.29 is 15.0 Å². The fraction of sp³-hybridized carbons (Fsp3) is 0.300. The van der Waals surface area contributed by atoms with Gasteiger partial charge in [-0.15, -0.1) is 0 Å². The van der Waals surface area contributed by atoms with Crippen molar-refractivity contribution in [1.29, 1.82) is 0 Å². The van der Waals surface area contributed by atoms with Gasteiger partial charge in [-0.25, -0.2) is 4.79 Å². The van der Waals surface area contributed by atoms with E-state index in [-0.39, 0.29) is 11.3 Å². The van der Waals surface area contributed by atoms with Crippen molar-refractivity contribution in [3.8, 4) is 5.75 Å². The molecule has 1 rings (SSSR count). The normalized spacial score (nSPS) is 8.54. The lowest BCUT2D eigenvalue weighted by Gasteiger charge is -1.98. The second-order valence-corrected chi connectivity index (χ2v) is 2.31. The number of carboxylic acid groups (broad SMARTS) is 1. The summed E-state index contributed by atoms with van der Waals surface area (Å²) in [6.45, 7) is 5.65. The first kappa shape index (κ1) is 11.5. The zero-order valence-corrected chi connectivity index (χ0v) is 8.03. The van der Waals surface area contributed by atoms with E-state index in [1.165, 1.54) is 18.2 Å². The second kappa shape index (κ2) is 5.19. The zero-order valence-electron chi connectivity index (χ0n) is 8.03. The van der Waals surface area contributed by atoms with Gasteiger partial charge >= 0.3 is 5.97 Å². The smallest absolute Gasteiger partial charge is 0.335 e. The van der Waals surface area contributed by atoms with Crippen LogP contribution in [-0.4, -0.2) is 16.2 Å². The van der Waals surface area contributed by atoms with Crippen molar-refractivity contribution in [3.63, 3.8) is 0 Å². The maximum absolute atomic E-state index is 10.4. The van der Waals surface area contributed by atoms with Gasteiger partial charge in [0.2, 0.25) is 0 Å². The number of hydrogen-bond acceptors (Lipinski definition) is 2. The molecule has 0 aliphatic carbocycles. The summed E-state index contributed by atoms with van der Waals surface area (Å²) >= 11 is 0. The predicted molar refractivity (Wildman–Crippen MR) is 51.2 cm³/mol. The van der Waals surface area contributed by atoms with Crippen LogP contribution in [0.4, 0.5) is 0 Å². The Morgan fingerprint density at radius 2 is 1.85 bits per heavy atom. The standard InChI is InChI=1S/C8H8O3.C2H6/c1-5-4-6(8(10)11)2-3-7(5)9;1-2/h2-4,9H,1H3,(H,10,11);1-2H3. The van der Waals surface area contributed by atoms with Crippen LogP contribution in [0, 0.1) is 6.92 Å². The van der Waals surface area contributed by atoms with Crippen LogP contribution in [0.5, 0.6) is 5.75 Å². The van der Waals surface area contributed by atoms with Crippen LogP contribution in [0.3, 0.4) is 0 Å². The highest BCUT2D eigenvalue weighted by molar-refractivity contribution is 5.88. The molecule has 0 spiro atoms. The molecule has 1 aromatic carbocycles. The Morgan fingerprint density at radius 3 is 2.23 bits per heavy atom. The van der Waals surface area contributed by atoms with Crippen LogP contribution < -0.4 is 0 Å². The van der Waals surface area contributed by atoms with Gasteiger partial charge in [0.15, 0.2) is 0 Å². The Balaban J connectivity index is 0.000000671. The van der Waals surface area contributed by atoms with Gasteiger partial charge in [0.25, 0.3) is 0 Å². The predicted octanol–water partition coefficient (Wildman–Crippen LogP) is 2.43. The highest BCUT2D eigenvalue weighted by Crippen LogP contribution is 2.16. The molecule has 72 valence electrons. The second-order valence-electron chi connectivity index (χ2n) is 2.31. The number of aryl methyl sites for hydroxylation is 1. The Hall–Kier alpha value is -1.51. The van der Waals surface area contributed by atoms with Gasteiger partial charge in [0.1, 0.15) is 5.75 Å². The highest BCUT2D eigenvalue weighted by atomic mass is 16.4. The molecule has 0 heterocycles. The summed E-state index contributed by atoms with van der Waals surface area (Å²) < 4.78 is 0. The molecule has 0 atom stereocenters. The molecule has 0 aliphatic heterocycles. The monoisotopic (exact) mass is 182 g/mol. The van der Waals surface area contributed by atoms with Crippen molar-refractivity contribution in [3.05, 3.63) is 29.3 Å². The van der Waals surface area contributed by atoms with Crippen LogP contribution >= 0.6 is 0 Å². The summed E-state index contributed by atoms with van der Waals surface area (Å²) in [5.41, 5.74) is 0.769. The molecule has 0 saturated carbocycles. The quantitative estimate of drug-likeness (QED) is 0.701. The van der Waals surface area contributed by atoms with Gasteiger partial charge in [0, 0.05) is 0 Å². The lowest BCUT2D eigenvalue weighted by atomic mass is 10.1. The van der Waals surface area contributed by atoms with Crippen LogP contribution in [0.1, 0.15) is 29.8 Å². The molecular formula is C10H14O3. The van der Waals surface area contributed by atoms with E-state index in [1.807, 2.05) is 13.8 Å². The molecule has 0 aliphatic rings. The number of aromatic carboxylic acids is 1. The third-order valence-electron chi connectivity index (χ3n) is 1.44. The number of carbonyl (C=O) groups is 1. The molecule has 0 saturated heterocycles. The third-order valence-corrected chi connectivity index (χ3v) is 1.44. The molecule has 13 heavy (non-hydrogen) atoms. The van der Waals surface area contributed by atoms with Crippen LogP contribution in [0.15, 0.2) is 18.2 Å². The number of aromatic hydroxyl groups is 1. The molecule has 0 aromatic heterocycles. The van der Waals surface area contributed by atoms with E-state index in [2.05, 4.69) is 0 Å². The minimum absolute atomic E-state index is 0.120. The first-order valence-electron chi connectivity index (χ1n) is 4.14. The van der Waals surface area contributed by atoms with Gasteiger partial charge in [0.05, 0.1) is 5.56 Å². The summed E-state index contributed by atoms with van der Waals surface area (Å²) in [5.74, 6) is -0.858. The van der Waals surface area contributed by atoms with E-state index in [9.17, 15) is 4.79 Å². The van der Waals surface area contributed by atoms with Crippen molar-refractivity contribution >= 4 is 5.97 Å². The number of hydrogen-bond donors (Lipinski definition) is 2. The van der Waals surface area contributed by atoms with E-state index in [1.54, 1.807) is 6.92 Å². The number of phenols is 1. The van der Waals surface area contributed by atoms with E-state index in [4.69, 9.17) is 10.2 Å². The fourth-order valence-electron chi connectivity index (χ4n) is 0.788. The minimum Gasteiger partial charge on any atom is -0.508 e. The molecule has 0 fully saturated rings. The maximum Gasteiger partial charge on any atom is 0.335 e. The molecule has 3 nitrogen and oxygen atoms in total. The highest BCUT2D eigenvalue weighted by Gasteiger charge is 2.03. The summed E-state index contributed by atoms with van der Waals surface area (Å²) in [5, 5.41) is 17.6. The van der Waals surface area contributed by atoms with Gasteiger partial charge < -0.3 is 10.2 Å². The van der Waals surface area contributed by atoms with Crippen molar-refractivity contribution in [1.82, 2.24) is 0 Å². The SMILES string of the molecule is CC.Cc1cc(C(=O)O)ccc1O. The van der Waals surface area contributed by atoms with Gasteiger partial charge in [-0.2, -0.15) is 0 Å². The average Bonchev–Trinajstić information content (AvgIpc) is 2.13. The summed E-state index contributed by atoms with van der Waals surface area (Å²) in [7, 11) is 0. The molecule has 0 amide bonds. The van der Waals surface area contributed by atoms with Crippen molar-refractivity contribution in [2.75, 3.05) is 0 Å². The summed E-state index contributed by atoms with van der Waals surface area (Å²) in [6, 6.07) is 4.17. The first-order valence-corrected chi connectivity index (χ1v) is 4.14. The van der Waals surface area contributed by atoms with Crippen molar-refractivity contribution in [2.24, 2.45) is 0 Å². The number of rotatable bonds is 1. The molecule has 1 aromatic rings. The summed E-state index contributed by atoms with van der Waals surface area (Å²) in [6.07, 6.45) is 0. The van der Waals surface area contributed by atoms with Gasteiger partial charge in [-0.1, -0.05) is 13.8 Å². The summed E-state index contributed by atoms with van der Waals surface area (Å²) in [4.78, 5) is 10.4. The van der Waals surface area contributed by atoms with E-state index < -0.39 is 5.97 Å². The van der Waals surface area contributed by atoms with Crippen molar-refractivity contribution in [2.45, 2.75) is 20.8 Å². The Labute approximate surface area is 77.6 Å². The van der Waals surface area contributed by atoms with Gasteiger partial charge in [-0.3, -0.25) is 0 Å². The largest absolute Gasteiger partial charge is 0.508 e. The number of phenolic OH excluding ortho intramolecular Hbond substituents is 1. The first-order chi connectivity index (χ1) is 6.11. The zero-order chi connectivity index (χ0) is 10.4. The third kappa shape index (κ3) is 3.15. The molecule has 0 radical (unpaired) electrons. The van der Waals surface area contributed by atoms with Gasteiger partial charge in [-0.05, 0) is 30.7 Å². The number of benzene rings is 1. The van der Waals surface area contributed by atoms with E-state index in [0.717, 1.165) is 0 Å². The molecule has 0 unspecified atom stereocenters. The van der Waals surface area contributed by atoms with E-state index >= 15 is 0 Å². The fourth-order valence-corrected chi connectivity index (χ4v) is 0.788. The lowest BCUT2D eigenvalue weighted by molar-refractivity contribution is 0.0697. The molecule has 2 N–H and O–H groups in total. The topological polar surface area (TPSA) is 57.5 Å². The maximum atomic E-state index is 10.4. The van der Waals surface area contributed by atoms with Crippen LogP contribution in [0.2, 0.25) is 0 Å². The Morgan fingerprint density at radius 1 is 1.31 bits per heavy atom. The van der Waals surface area contributed by atoms with Crippen LogP contribution in [0.25, 0.3) is 0 Å². The van der Waals surface area contributed by atoms with Crippen LogP contribution in [-0.2, 0) is 0 Å². The van der Waals surface area contributed by atoms with E-state index in [0.29, 0.717) is 5.56 Å². The average molecular weight is 182 g/mol. The molecular weight excluding hydrogens is 168 g/mol. The molecule has 3 heteroatoms. The molecule has 0 bridgehead atoms. The Bertz CT molecular complexity index is 292. The minimum atomic E-state index is -0.979. The lowest BCUT2D eigenvalue weighted by Crippen LogP contribution is -1.95.